The lowest BCUT2D eigenvalue weighted by Gasteiger charge is -2.29. The fourth-order valence-electron chi connectivity index (χ4n) is 2.33. The van der Waals surface area contributed by atoms with Gasteiger partial charge in [0.2, 0.25) is 0 Å². The topological polar surface area (TPSA) is 53.4 Å². The molecule has 0 spiro atoms. The molecule has 6 heteroatoms. The van der Waals surface area contributed by atoms with Crippen LogP contribution >= 0.6 is 0 Å². The number of nitrogens with one attached hydrogen (secondary N) is 1. The van der Waals surface area contributed by atoms with E-state index in [0.717, 1.165) is 45.0 Å². The summed E-state index contributed by atoms with van der Waals surface area (Å²) in [6.45, 7) is 7.79. The molecule has 0 aromatic carbocycles. The number of rotatable bonds is 4. The second-order valence-electron chi connectivity index (χ2n) is 5.11. The van der Waals surface area contributed by atoms with Crippen LogP contribution in [0.15, 0.2) is 6.07 Å². The number of aryl methyl sites for hydroxylation is 2. The van der Waals surface area contributed by atoms with Gasteiger partial charge in [0, 0.05) is 53.4 Å². The average Bonchev–Trinajstić information content (AvgIpc) is 2.75. The Morgan fingerprint density at radius 2 is 2.16 bits per heavy atom. The largest absolute Gasteiger partial charge is 0.339 e. The number of piperazine rings is 1. The second-order valence-corrected chi connectivity index (χ2v) is 5.11. The van der Waals surface area contributed by atoms with Crippen LogP contribution in [0.5, 0.6) is 0 Å². The van der Waals surface area contributed by atoms with Crippen LogP contribution in [0, 0.1) is 6.92 Å². The molecule has 106 valence electrons. The number of amides is 1. The van der Waals surface area contributed by atoms with Gasteiger partial charge in [0.25, 0.3) is 5.91 Å². The molecule has 1 aliphatic rings. The molecule has 1 N–H and O–H groups in total. The molecule has 0 saturated carbocycles. The summed E-state index contributed by atoms with van der Waals surface area (Å²) in [5.41, 5.74) is 1.53. The Morgan fingerprint density at radius 1 is 1.47 bits per heavy atom. The summed E-state index contributed by atoms with van der Waals surface area (Å²) in [7, 11) is 3.66. The van der Waals surface area contributed by atoms with E-state index in [2.05, 4.69) is 15.3 Å². The van der Waals surface area contributed by atoms with Crippen LogP contribution in [0.25, 0.3) is 0 Å². The van der Waals surface area contributed by atoms with Crippen molar-refractivity contribution in [1.29, 1.82) is 0 Å². The van der Waals surface area contributed by atoms with E-state index in [9.17, 15) is 4.79 Å². The Morgan fingerprint density at radius 3 is 2.74 bits per heavy atom. The van der Waals surface area contributed by atoms with Crippen molar-refractivity contribution < 1.29 is 4.79 Å². The maximum Gasteiger partial charge on any atom is 0.271 e. The molecule has 2 heterocycles. The molecule has 0 radical (unpaired) electrons. The zero-order chi connectivity index (χ0) is 13.8. The lowest BCUT2D eigenvalue weighted by molar-refractivity contribution is 0.0764. The van der Waals surface area contributed by atoms with Crippen molar-refractivity contribution in [1.82, 2.24) is 24.9 Å². The van der Waals surface area contributed by atoms with Crippen LogP contribution in [-0.2, 0) is 7.05 Å². The zero-order valence-electron chi connectivity index (χ0n) is 12.0. The minimum absolute atomic E-state index is 0.0400. The average molecular weight is 265 g/mol. The minimum atomic E-state index is 0.0400. The molecule has 2 rings (SSSR count). The summed E-state index contributed by atoms with van der Waals surface area (Å²) >= 11 is 0. The number of hydrogen-bond donors (Lipinski definition) is 1. The molecule has 1 aromatic rings. The maximum absolute atomic E-state index is 12.3. The van der Waals surface area contributed by atoms with Gasteiger partial charge in [-0.3, -0.25) is 14.4 Å². The lowest BCUT2D eigenvalue weighted by Crippen LogP contribution is -2.46. The van der Waals surface area contributed by atoms with Crippen molar-refractivity contribution >= 4 is 5.91 Å². The van der Waals surface area contributed by atoms with Gasteiger partial charge in [-0.25, -0.2) is 0 Å². The predicted molar refractivity (Wildman–Crippen MR) is 74.2 cm³/mol. The highest BCUT2D eigenvalue weighted by atomic mass is 16.2. The first kappa shape index (κ1) is 14.0. The van der Waals surface area contributed by atoms with E-state index < -0.39 is 0 Å². The Bertz CT molecular complexity index is 436. The molecular weight excluding hydrogens is 242 g/mol. The van der Waals surface area contributed by atoms with Crippen LogP contribution in [0.1, 0.15) is 16.2 Å². The van der Waals surface area contributed by atoms with E-state index in [4.69, 9.17) is 0 Å². The summed E-state index contributed by atoms with van der Waals surface area (Å²) in [4.78, 5) is 16.4. The molecule has 19 heavy (non-hydrogen) atoms. The van der Waals surface area contributed by atoms with E-state index >= 15 is 0 Å². The van der Waals surface area contributed by atoms with Gasteiger partial charge in [0.15, 0.2) is 0 Å². The van der Waals surface area contributed by atoms with E-state index in [1.54, 1.807) is 9.58 Å². The first-order valence-electron chi connectivity index (χ1n) is 6.77. The highest BCUT2D eigenvalue weighted by molar-refractivity contribution is 5.92. The predicted octanol–water partition coefficient (Wildman–Crippen LogP) is -0.294. The molecular formula is C13H23N5O. The Labute approximate surface area is 114 Å². The zero-order valence-corrected chi connectivity index (χ0v) is 12.0. The number of likely N-dealkylation sites (N-methyl/N-ethyl adjacent to an activating group) is 1. The first-order valence-corrected chi connectivity index (χ1v) is 6.77. The van der Waals surface area contributed by atoms with Crippen molar-refractivity contribution in [2.24, 2.45) is 7.05 Å². The van der Waals surface area contributed by atoms with Gasteiger partial charge in [-0.1, -0.05) is 0 Å². The van der Waals surface area contributed by atoms with E-state index in [0.29, 0.717) is 5.69 Å². The third kappa shape index (κ3) is 3.54. The van der Waals surface area contributed by atoms with E-state index in [1.165, 1.54) is 0 Å². The molecule has 1 saturated heterocycles. The highest BCUT2D eigenvalue weighted by Crippen LogP contribution is 2.05. The first-order chi connectivity index (χ1) is 9.08. The summed E-state index contributed by atoms with van der Waals surface area (Å²) in [6, 6.07) is 1.84. The van der Waals surface area contributed by atoms with E-state index in [1.807, 2.05) is 27.1 Å². The van der Waals surface area contributed by atoms with Gasteiger partial charge >= 0.3 is 0 Å². The number of hydrogen-bond acceptors (Lipinski definition) is 4. The van der Waals surface area contributed by atoms with Gasteiger partial charge in [-0.15, -0.1) is 0 Å². The molecule has 1 amide bonds. The Kier molecular flexibility index (Phi) is 4.55. The number of nitrogens with zero attached hydrogens (tertiary/aromatic N) is 4. The molecule has 1 fully saturated rings. The smallest absolute Gasteiger partial charge is 0.271 e. The monoisotopic (exact) mass is 265 g/mol. The molecule has 1 aliphatic heterocycles. The number of carbonyl (C=O) groups excluding carboxylic acids is 1. The molecule has 0 unspecified atom stereocenters. The quantitative estimate of drug-likeness (QED) is 0.812. The highest BCUT2D eigenvalue weighted by Gasteiger charge is 2.17. The SMILES string of the molecule is Cc1cc(C(=O)N(C)CCN2CCNCC2)n(C)n1. The Balaban J connectivity index is 1.86. The molecule has 0 aliphatic carbocycles. The van der Waals surface area contributed by atoms with Crippen LogP contribution in [0.2, 0.25) is 0 Å². The van der Waals surface area contributed by atoms with Crippen LogP contribution in [0.3, 0.4) is 0 Å². The van der Waals surface area contributed by atoms with Crippen LogP contribution in [-0.4, -0.2) is 71.8 Å². The third-order valence-corrected chi connectivity index (χ3v) is 3.53. The fraction of sp³-hybridized carbons (Fsp3) is 0.692. The van der Waals surface area contributed by atoms with Gasteiger partial charge in [0.05, 0.1) is 5.69 Å². The van der Waals surface area contributed by atoms with Crippen LogP contribution < -0.4 is 5.32 Å². The van der Waals surface area contributed by atoms with Gasteiger partial charge in [-0.05, 0) is 13.0 Å². The maximum atomic E-state index is 12.3. The molecule has 6 nitrogen and oxygen atoms in total. The summed E-state index contributed by atoms with van der Waals surface area (Å²) in [5.74, 6) is 0.0400. The van der Waals surface area contributed by atoms with Gasteiger partial charge in [-0.2, -0.15) is 5.10 Å². The minimum Gasteiger partial charge on any atom is -0.339 e. The number of carbonyl (C=O) groups is 1. The molecule has 0 bridgehead atoms. The second kappa shape index (κ2) is 6.16. The third-order valence-electron chi connectivity index (χ3n) is 3.53. The summed E-state index contributed by atoms with van der Waals surface area (Å²) < 4.78 is 1.65. The van der Waals surface area contributed by atoms with Crippen molar-refractivity contribution in [3.8, 4) is 0 Å². The fourth-order valence-corrected chi connectivity index (χ4v) is 2.33. The van der Waals surface area contributed by atoms with Crippen molar-refractivity contribution in [3.05, 3.63) is 17.5 Å². The lowest BCUT2D eigenvalue weighted by atomic mass is 10.3. The van der Waals surface area contributed by atoms with Gasteiger partial charge in [0.1, 0.15) is 5.69 Å². The summed E-state index contributed by atoms with van der Waals surface area (Å²) in [6.07, 6.45) is 0. The van der Waals surface area contributed by atoms with Crippen molar-refractivity contribution in [3.63, 3.8) is 0 Å². The number of aromatic nitrogens is 2. The molecule has 0 atom stereocenters. The standard InChI is InChI=1S/C13H23N5O/c1-11-10-12(17(3)15-11)13(19)16(2)8-9-18-6-4-14-5-7-18/h10,14H,4-9H2,1-3H3. The van der Waals surface area contributed by atoms with Crippen molar-refractivity contribution in [2.75, 3.05) is 46.3 Å². The Hall–Kier alpha value is -1.40. The van der Waals surface area contributed by atoms with E-state index in [-0.39, 0.29) is 5.91 Å². The van der Waals surface area contributed by atoms with Crippen molar-refractivity contribution in [2.45, 2.75) is 6.92 Å². The molecule has 1 aromatic heterocycles. The summed E-state index contributed by atoms with van der Waals surface area (Å²) in [5, 5.41) is 7.54. The normalized spacial score (nSPS) is 16.6. The van der Waals surface area contributed by atoms with Crippen LogP contribution in [0.4, 0.5) is 0 Å². The van der Waals surface area contributed by atoms with Gasteiger partial charge < -0.3 is 10.2 Å².